The van der Waals surface area contributed by atoms with Gasteiger partial charge >= 0.3 is 6.18 Å². The van der Waals surface area contributed by atoms with Gasteiger partial charge in [0.25, 0.3) is 0 Å². The summed E-state index contributed by atoms with van der Waals surface area (Å²) in [4.78, 5) is 0. The summed E-state index contributed by atoms with van der Waals surface area (Å²) < 4.78 is 40.1. The van der Waals surface area contributed by atoms with Crippen molar-refractivity contribution < 1.29 is 13.2 Å². The fourth-order valence-corrected chi connectivity index (χ4v) is 1.92. The van der Waals surface area contributed by atoms with E-state index in [4.69, 9.17) is 11.6 Å². The molecule has 1 aromatic carbocycles. The second-order valence-electron chi connectivity index (χ2n) is 3.99. The minimum Gasteiger partial charge on any atom is -0.378 e. The third-order valence-electron chi connectivity index (χ3n) is 2.53. The Balaban J connectivity index is 2.24. The Morgan fingerprint density at radius 1 is 1.32 bits per heavy atom. The van der Waals surface area contributed by atoms with Crippen LogP contribution >= 0.6 is 11.6 Å². The molecule has 0 atom stereocenters. The lowest BCUT2D eigenvalue weighted by Crippen LogP contribution is -2.11. The van der Waals surface area contributed by atoms with Crippen molar-refractivity contribution in [2.24, 2.45) is 7.05 Å². The van der Waals surface area contributed by atoms with Crippen molar-refractivity contribution in [3.8, 4) is 0 Å². The SMILES string of the molecule is Cn1ccc(CNc2c(Cl)cccc2C(F)(F)F)n1. The number of alkyl halides is 3. The third kappa shape index (κ3) is 3.20. The van der Waals surface area contributed by atoms with Crippen molar-refractivity contribution in [3.05, 3.63) is 46.7 Å². The van der Waals surface area contributed by atoms with E-state index in [1.807, 2.05) is 0 Å². The molecule has 0 unspecified atom stereocenters. The molecule has 0 fully saturated rings. The number of nitrogens with one attached hydrogen (secondary N) is 1. The van der Waals surface area contributed by atoms with E-state index in [9.17, 15) is 13.2 Å². The zero-order chi connectivity index (χ0) is 14.0. The molecule has 0 radical (unpaired) electrons. The molecule has 0 aliphatic heterocycles. The van der Waals surface area contributed by atoms with E-state index >= 15 is 0 Å². The highest BCUT2D eigenvalue weighted by molar-refractivity contribution is 6.33. The van der Waals surface area contributed by atoms with Crippen LogP contribution in [0.15, 0.2) is 30.5 Å². The molecular weight excluding hydrogens is 279 g/mol. The highest BCUT2D eigenvalue weighted by Crippen LogP contribution is 2.38. The van der Waals surface area contributed by atoms with Gasteiger partial charge in [-0.15, -0.1) is 0 Å². The maximum Gasteiger partial charge on any atom is 0.418 e. The van der Waals surface area contributed by atoms with Crippen molar-refractivity contribution in [2.75, 3.05) is 5.32 Å². The molecular formula is C12H11ClF3N3. The van der Waals surface area contributed by atoms with Crippen LogP contribution in [0.1, 0.15) is 11.3 Å². The summed E-state index contributed by atoms with van der Waals surface area (Å²) in [6.45, 7) is 0.174. The number of hydrogen-bond donors (Lipinski definition) is 1. The lowest BCUT2D eigenvalue weighted by atomic mass is 10.1. The van der Waals surface area contributed by atoms with E-state index in [-0.39, 0.29) is 17.3 Å². The summed E-state index contributed by atoms with van der Waals surface area (Å²) >= 11 is 5.82. The third-order valence-corrected chi connectivity index (χ3v) is 2.85. The van der Waals surface area contributed by atoms with Crippen LogP contribution in [0.2, 0.25) is 5.02 Å². The Hall–Kier alpha value is -1.69. The van der Waals surface area contributed by atoms with Crippen molar-refractivity contribution in [1.29, 1.82) is 0 Å². The Bertz CT molecular complexity index is 578. The molecule has 3 nitrogen and oxygen atoms in total. The standard InChI is InChI=1S/C12H11ClF3N3/c1-19-6-5-8(18-19)7-17-11-9(12(14,15)16)3-2-4-10(11)13/h2-6,17H,7H2,1H3. The van der Waals surface area contributed by atoms with E-state index in [0.717, 1.165) is 6.07 Å². The molecule has 7 heteroatoms. The lowest BCUT2D eigenvalue weighted by molar-refractivity contribution is -0.136. The molecule has 19 heavy (non-hydrogen) atoms. The number of rotatable bonds is 3. The van der Waals surface area contributed by atoms with Crippen LogP contribution in [0, 0.1) is 0 Å². The minimum atomic E-state index is -4.45. The average molecular weight is 290 g/mol. The van der Waals surface area contributed by atoms with E-state index in [1.54, 1.807) is 24.0 Å². The van der Waals surface area contributed by atoms with Gasteiger partial charge in [0.15, 0.2) is 0 Å². The monoisotopic (exact) mass is 289 g/mol. The lowest BCUT2D eigenvalue weighted by Gasteiger charge is -2.15. The maximum atomic E-state index is 12.8. The molecule has 0 aliphatic rings. The fraction of sp³-hybridized carbons (Fsp3) is 0.250. The number of para-hydroxylation sites is 1. The zero-order valence-electron chi connectivity index (χ0n) is 10.0. The summed E-state index contributed by atoms with van der Waals surface area (Å²) in [5.41, 5.74) is -0.270. The van der Waals surface area contributed by atoms with Crippen molar-refractivity contribution in [1.82, 2.24) is 9.78 Å². The smallest absolute Gasteiger partial charge is 0.378 e. The van der Waals surface area contributed by atoms with Gasteiger partial charge in [-0.2, -0.15) is 18.3 Å². The number of anilines is 1. The van der Waals surface area contributed by atoms with Crippen LogP contribution < -0.4 is 5.32 Å². The van der Waals surface area contributed by atoms with Gasteiger partial charge in [0, 0.05) is 13.2 Å². The van der Waals surface area contributed by atoms with Gasteiger partial charge in [-0.3, -0.25) is 4.68 Å². The van der Waals surface area contributed by atoms with E-state index in [2.05, 4.69) is 10.4 Å². The van der Waals surface area contributed by atoms with Gasteiger partial charge in [0.05, 0.1) is 28.5 Å². The summed E-state index contributed by atoms with van der Waals surface area (Å²) in [5, 5.41) is 6.80. The van der Waals surface area contributed by atoms with Crippen LogP contribution in [0.25, 0.3) is 0 Å². The number of hydrogen-bond acceptors (Lipinski definition) is 2. The molecule has 2 rings (SSSR count). The second kappa shape index (κ2) is 5.13. The maximum absolute atomic E-state index is 12.8. The molecule has 1 N–H and O–H groups in total. The normalized spacial score (nSPS) is 11.6. The van der Waals surface area contributed by atoms with Crippen LogP contribution in [-0.2, 0) is 19.8 Å². The molecule has 0 saturated heterocycles. The first-order chi connectivity index (χ1) is 8.88. The first kappa shape index (κ1) is 13.7. The quantitative estimate of drug-likeness (QED) is 0.933. The summed E-state index contributed by atoms with van der Waals surface area (Å²) in [6, 6.07) is 5.40. The molecule has 0 saturated carbocycles. The molecule has 0 aliphatic carbocycles. The summed E-state index contributed by atoms with van der Waals surface area (Å²) in [6.07, 6.45) is -2.73. The van der Waals surface area contributed by atoms with Gasteiger partial charge in [-0.25, -0.2) is 0 Å². The summed E-state index contributed by atoms with van der Waals surface area (Å²) in [7, 11) is 1.74. The highest BCUT2D eigenvalue weighted by Gasteiger charge is 2.34. The van der Waals surface area contributed by atoms with Gasteiger partial charge in [0.2, 0.25) is 0 Å². The van der Waals surface area contributed by atoms with Crippen LogP contribution in [0.4, 0.5) is 18.9 Å². The number of aromatic nitrogens is 2. The molecule has 0 amide bonds. The van der Waals surface area contributed by atoms with E-state index in [0.29, 0.717) is 5.69 Å². The molecule has 1 heterocycles. The Morgan fingerprint density at radius 2 is 2.05 bits per heavy atom. The Morgan fingerprint density at radius 3 is 2.63 bits per heavy atom. The topological polar surface area (TPSA) is 29.9 Å². The van der Waals surface area contributed by atoms with E-state index < -0.39 is 11.7 Å². The van der Waals surface area contributed by atoms with Gasteiger partial charge in [0.1, 0.15) is 0 Å². The molecule has 0 bridgehead atoms. The van der Waals surface area contributed by atoms with Crippen LogP contribution in [0.5, 0.6) is 0 Å². The molecule has 1 aromatic heterocycles. The predicted molar refractivity (Wildman–Crippen MR) is 67.0 cm³/mol. The minimum absolute atomic E-state index is 0.0331. The number of aryl methyl sites for hydroxylation is 1. The fourth-order valence-electron chi connectivity index (χ4n) is 1.68. The second-order valence-corrected chi connectivity index (χ2v) is 4.40. The number of halogens is 4. The predicted octanol–water partition coefficient (Wildman–Crippen LogP) is 3.70. The first-order valence-electron chi connectivity index (χ1n) is 5.46. The highest BCUT2D eigenvalue weighted by atomic mass is 35.5. The van der Waals surface area contributed by atoms with E-state index in [1.165, 1.54) is 12.1 Å². The van der Waals surface area contributed by atoms with Gasteiger partial charge < -0.3 is 5.32 Å². The number of nitrogens with zero attached hydrogens (tertiary/aromatic N) is 2. The van der Waals surface area contributed by atoms with Gasteiger partial charge in [-0.1, -0.05) is 17.7 Å². The Labute approximate surface area is 113 Å². The molecule has 2 aromatic rings. The van der Waals surface area contributed by atoms with Crippen molar-refractivity contribution in [2.45, 2.75) is 12.7 Å². The van der Waals surface area contributed by atoms with Crippen molar-refractivity contribution >= 4 is 17.3 Å². The average Bonchev–Trinajstić information content (AvgIpc) is 2.72. The molecule has 102 valence electrons. The van der Waals surface area contributed by atoms with Crippen molar-refractivity contribution in [3.63, 3.8) is 0 Å². The zero-order valence-corrected chi connectivity index (χ0v) is 10.8. The van der Waals surface area contributed by atoms with Crippen LogP contribution in [-0.4, -0.2) is 9.78 Å². The molecule has 0 spiro atoms. The first-order valence-corrected chi connectivity index (χ1v) is 5.84. The Kier molecular flexibility index (Phi) is 3.71. The summed E-state index contributed by atoms with van der Waals surface area (Å²) in [5.74, 6) is 0. The van der Waals surface area contributed by atoms with Gasteiger partial charge in [-0.05, 0) is 18.2 Å². The van der Waals surface area contributed by atoms with Crippen LogP contribution in [0.3, 0.4) is 0 Å². The number of benzene rings is 1. The largest absolute Gasteiger partial charge is 0.418 e.